The Labute approximate surface area is 184 Å². The van der Waals surface area contributed by atoms with Crippen molar-refractivity contribution in [2.75, 3.05) is 31.1 Å². The van der Waals surface area contributed by atoms with Crippen LogP contribution in [0.2, 0.25) is 0 Å². The molecule has 1 saturated heterocycles. The second-order valence-electron chi connectivity index (χ2n) is 7.24. The van der Waals surface area contributed by atoms with Crippen LogP contribution in [-0.4, -0.2) is 43.3 Å². The number of rotatable bonds is 5. The van der Waals surface area contributed by atoms with Crippen LogP contribution in [0, 0.1) is 0 Å². The highest BCUT2D eigenvalue weighted by molar-refractivity contribution is 9.10. The van der Waals surface area contributed by atoms with Crippen molar-refractivity contribution in [1.29, 1.82) is 0 Å². The van der Waals surface area contributed by atoms with Gasteiger partial charge in [0, 0.05) is 38.1 Å². The summed E-state index contributed by atoms with van der Waals surface area (Å²) in [6.07, 6.45) is -4.70. The third kappa shape index (κ3) is 4.96. The molecule has 1 aliphatic heterocycles. The van der Waals surface area contributed by atoms with Crippen molar-refractivity contribution in [3.05, 3.63) is 58.3 Å². The van der Waals surface area contributed by atoms with Crippen molar-refractivity contribution >= 4 is 38.5 Å². The maximum absolute atomic E-state index is 12.4. The van der Waals surface area contributed by atoms with Gasteiger partial charge in [0.05, 0.1) is 10.2 Å². The lowest BCUT2D eigenvalue weighted by molar-refractivity contribution is -0.274. The van der Waals surface area contributed by atoms with Gasteiger partial charge in [-0.1, -0.05) is 12.1 Å². The molecule has 4 rings (SSSR count). The molecule has 164 valence electrons. The van der Waals surface area contributed by atoms with Crippen molar-refractivity contribution < 1.29 is 27.1 Å². The molecule has 6 nitrogen and oxygen atoms in total. The number of fused-ring (bicyclic) bond motifs is 1. The van der Waals surface area contributed by atoms with E-state index in [0.29, 0.717) is 12.1 Å². The minimum absolute atomic E-state index is 0.106. The largest absolute Gasteiger partial charge is 0.573 e. The monoisotopic (exact) mass is 497 g/mol. The zero-order chi connectivity index (χ0) is 22.2. The van der Waals surface area contributed by atoms with E-state index < -0.39 is 12.3 Å². The predicted octanol–water partition coefficient (Wildman–Crippen LogP) is 4.52. The number of piperazine rings is 1. The fourth-order valence-electron chi connectivity index (χ4n) is 3.68. The number of nitrogens with two attached hydrogens (primary N) is 1. The molecule has 0 bridgehead atoms. The number of benzene rings is 2. The van der Waals surface area contributed by atoms with Crippen LogP contribution >= 0.6 is 15.9 Å². The summed E-state index contributed by atoms with van der Waals surface area (Å²) in [7, 11) is 0. The van der Waals surface area contributed by atoms with Gasteiger partial charge in [-0.05, 0) is 51.8 Å². The van der Waals surface area contributed by atoms with Crippen molar-refractivity contribution in [3.8, 4) is 5.75 Å². The molecule has 0 aliphatic carbocycles. The molecule has 31 heavy (non-hydrogen) atoms. The second-order valence-corrected chi connectivity index (χ2v) is 8.04. The number of ether oxygens (including phenoxy) is 1. The standard InChI is InChI=1S/C21H19BrF3N3O3/c22-19-15-11-18(20(26)29)30-17(15)5-4-16(19)28-8-6-27(7-9-28)12-13-2-1-3-14(10-13)31-21(23,24)25/h1-5,10-11H,6-9,12H2,(H2,26,29). The lowest BCUT2D eigenvalue weighted by atomic mass is 10.1. The minimum Gasteiger partial charge on any atom is -0.451 e. The zero-order valence-electron chi connectivity index (χ0n) is 16.3. The van der Waals surface area contributed by atoms with E-state index in [9.17, 15) is 18.0 Å². The smallest absolute Gasteiger partial charge is 0.451 e. The Morgan fingerprint density at radius 1 is 1.13 bits per heavy atom. The van der Waals surface area contributed by atoms with Gasteiger partial charge in [0.2, 0.25) is 0 Å². The number of anilines is 1. The van der Waals surface area contributed by atoms with Gasteiger partial charge in [-0.15, -0.1) is 13.2 Å². The van der Waals surface area contributed by atoms with E-state index in [1.165, 1.54) is 12.1 Å². The third-order valence-electron chi connectivity index (χ3n) is 5.11. The van der Waals surface area contributed by atoms with E-state index in [-0.39, 0.29) is 11.5 Å². The van der Waals surface area contributed by atoms with Gasteiger partial charge in [0.15, 0.2) is 5.76 Å². The van der Waals surface area contributed by atoms with Crippen LogP contribution in [0.3, 0.4) is 0 Å². The van der Waals surface area contributed by atoms with Crippen molar-refractivity contribution in [3.63, 3.8) is 0 Å². The molecular formula is C21H19BrF3N3O3. The number of alkyl halides is 3. The van der Waals surface area contributed by atoms with E-state index in [4.69, 9.17) is 10.2 Å². The number of carbonyl (C=O) groups excluding carboxylic acids is 1. The first kappa shape index (κ1) is 21.5. The molecular weight excluding hydrogens is 479 g/mol. The van der Waals surface area contributed by atoms with Crippen LogP contribution in [0.25, 0.3) is 11.0 Å². The van der Waals surface area contributed by atoms with E-state index >= 15 is 0 Å². The highest BCUT2D eigenvalue weighted by atomic mass is 79.9. The summed E-state index contributed by atoms with van der Waals surface area (Å²) >= 11 is 3.61. The Morgan fingerprint density at radius 3 is 2.55 bits per heavy atom. The first-order chi connectivity index (χ1) is 14.7. The number of furan rings is 1. The van der Waals surface area contributed by atoms with Gasteiger partial charge in [-0.2, -0.15) is 0 Å². The van der Waals surface area contributed by atoms with Gasteiger partial charge < -0.3 is 19.8 Å². The Kier molecular flexibility index (Phi) is 5.85. The average molecular weight is 498 g/mol. The summed E-state index contributed by atoms with van der Waals surface area (Å²) in [6.45, 7) is 3.50. The minimum atomic E-state index is -4.70. The lowest BCUT2D eigenvalue weighted by Crippen LogP contribution is -2.46. The SMILES string of the molecule is NC(=O)c1cc2c(Br)c(N3CCN(Cc4cccc(OC(F)(F)F)c4)CC3)ccc2o1. The maximum atomic E-state index is 12.4. The highest BCUT2D eigenvalue weighted by Gasteiger charge is 2.31. The molecule has 10 heteroatoms. The van der Waals surface area contributed by atoms with Crippen LogP contribution in [0.4, 0.5) is 18.9 Å². The number of halogens is 4. The second kappa shape index (κ2) is 8.43. The average Bonchev–Trinajstić information content (AvgIpc) is 3.14. The summed E-state index contributed by atoms with van der Waals surface area (Å²) in [6, 6.07) is 11.4. The first-order valence-corrected chi connectivity index (χ1v) is 10.3. The third-order valence-corrected chi connectivity index (χ3v) is 5.94. The quantitative estimate of drug-likeness (QED) is 0.561. The summed E-state index contributed by atoms with van der Waals surface area (Å²) in [5.41, 5.74) is 7.61. The zero-order valence-corrected chi connectivity index (χ0v) is 17.9. The van der Waals surface area contributed by atoms with E-state index in [0.717, 1.165) is 47.3 Å². The van der Waals surface area contributed by atoms with E-state index in [1.54, 1.807) is 24.3 Å². The molecule has 0 spiro atoms. The predicted molar refractivity (Wildman–Crippen MR) is 113 cm³/mol. The van der Waals surface area contributed by atoms with Crippen LogP contribution in [0.5, 0.6) is 5.75 Å². The molecule has 2 aromatic carbocycles. The Morgan fingerprint density at radius 2 is 1.87 bits per heavy atom. The van der Waals surface area contributed by atoms with Gasteiger partial charge in [0.1, 0.15) is 11.3 Å². The van der Waals surface area contributed by atoms with Crippen molar-refractivity contribution in [2.45, 2.75) is 12.9 Å². The van der Waals surface area contributed by atoms with Gasteiger partial charge in [0.25, 0.3) is 5.91 Å². The van der Waals surface area contributed by atoms with E-state index in [1.807, 2.05) is 6.07 Å². The number of amides is 1. The Balaban J connectivity index is 1.42. The Hall–Kier alpha value is -2.72. The molecule has 0 atom stereocenters. The van der Waals surface area contributed by atoms with E-state index in [2.05, 4.69) is 30.5 Å². The van der Waals surface area contributed by atoms with Crippen LogP contribution in [0.15, 0.2) is 51.4 Å². The molecule has 3 aromatic rings. The number of primary amides is 1. The number of carbonyl (C=O) groups is 1. The number of hydrogen-bond donors (Lipinski definition) is 1. The molecule has 0 saturated carbocycles. The summed E-state index contributed by atoms with van der Waals surface area (Å²) in [5, 5.41) is 0.773. The summed E-state index contributed by atoms with van der Waals surface area (Å²) < 4.78 is 47.6. The van der Waals surface area contributed by atoms with Crippen LogP contribution in [0.1, 0.15) is 16.1 Å². The number of nitrogens with zero attached hydrogens (tertiary/aromatic N) is 2. The summed E-state index contributed by atoms with van der Waals surface area (Å²) in [5.74, 6) is -0.728. The fourth-order valence-corrected chi connectivity index (χ4v) is 4.37. The van der Waals surface area contributed by atoms with Gasteiger partial charge >= 0.3 is 6.36 Å². The van der Waals surface area contributed by atoms with Gasteiger partial charge in [-0.3, -0.25) is 9.69 Å². The fraction of sp³-hybridized carbons (Fsp3) is 0.286. The molecule has 0 radical (unpaired) electrons. The maximum Gasteiger partial charge on any atom is 0.573 e. The number of hydrogen-bond acceptors (Lipinski definition) is 5. The lowest BCUT2D eigenvalue weighted by Gasteiger charge is -2.36. The molecule has 1 aromatic heterocycles. The Bertz CT molecular complexity index is 1110. The highest BCUT2D eigenvalue weighted by Crippen LogP contribution is 2.36. The molecule has 1 amide bonds. The molecule has 1 fully saturated rings. The molecule has 2 heterocycles. The van der Waals surface area contributed by atoms with Crippen LogP contribution < -0.4 is 15.4 Å². The topological polar surface area (TPSA) is 71.9 Å². The molecule has 0 unspecified atom stereocenters. The normalized spacial score (nSPS) is 15.4. The molecule has 2 N–H and O–H groups in total. The van der Waals surface area contributed by atoms with Crippen LogP contribution in [-0.2, 0) is 6.54 Å². The first-order valence-electron chi connectivity index (χ1n) is 9.53. The van der Waals surface area contributed by atoms with Gasteiger partial charge in [-0.25, -0.2) is 0 Å². The molecule has 1 aliphatic rings. The van der Waals surface area contributed by atoms with Crippen molar-refractivity contribution in [2.24, 2.45) is 5.73 Å². The summed E-state index contributed by atoms with van der Waals surface area (Å²) in [4.78, 5) is 15.8. The van der Waals surface area contributed by atoms with Crippen molar-refractivity contribution in [1.82, 2.24) is 4.90 Å².